The lowest BCUT2D eigenvalue weighted by Gasteiger charge is -1.86. The van der Waals surface area contributed by atoms with E-state index in [2.05, 4.69) is 0 Å². The van der Waals surface area contributed by atoms with Crippen molar-refractivity contribution >= 4 is 6.29 Å². The van der Waals surface area contributed by atoms with Crippen molar-refractivity contribution < 1.29 is 9.72 Å². The van der Waals surface area contributed by atoms with Crippen LogP contribution in [0, 0.1) is 10.1 Å². The van der Waals surface area contributed by atoms with E-state index in [1.807, 2.05) is 0 Å². The summed E-state index contributed by atoms with van der Waals surface area (Å²) in [4.78, 5) is 18.2. The lowest BCUT2D eigenvalue weighted by Crippen LogP contribution is -2.15. The number of rotatable bonds is 2. The van der Waals surface area contributed by atoms with Crippen LogP contribution in [0.2, 0.25) is 0 Å². The summed E-state index contributed by atoms with van der Waals surface area (Å²) in [5.41, 5.74) is 0. The maximum absolute atomic E-state index is 9.47. The number of nitrogens with zero attached hydrogens (tertiary/aromatic N) is 1. The molecule has 1 unspecified atom stereocenters. The Labute approximate surface area is 40.3 Å². The molecule has 0 aliphatic carbocycles. The third kappa shape index (κ3) is 1.86. The topological polar surface area (TPSA) is 60.2 Å². The van der Waals surface area contributed by atoms with Gasteiger partial charge in [-0.1, -0.05) is 0 Å². The zero-order valence-electron chi connectivity index (χ0n) is 3.75. The number of carbonyl (C=O) groups excluding carboxylic acids is 1. The van der Waals surface area contributed by atoms with Crippen molar-refractivity contribution in [1.29, 1.82) is 0 Å². The maximum atomic E-state index is 9.47. The summed E-state index contributed by atoms with van der Waals surface area (Å²) < 4.78 is 0. The van der Waals surface area contributed by atoms with E-state index in [1.54, 1.807) is 0 Å². The molecule has 0 rings (SSSR count). The van der Waals surface area contributed by atoms with Gasteiger partial charge in [0.25, 0.3) is 12.3 Å². The molecule has 1 atom stereocenters. The first kappa shape index (κ1) is 6.07. The molecule has 1 radical (unpaired) electrons. The second-order valence-electron chi connectivity index (χ2n) is 1.08. The number of hydrogen-bond acceptors (Lipinski definition) is 3. The van der Waals surface area contributed by atoms with Crippen LogP contribution < -0.4 is 0 Å². The van der Waals surface area contributed by atoms with Gasteiger partial charge in [-0.05, 0) is 0 Å². The summed E-state index contributed by atoms with van der Waals surface area (Å²) in [6.07, 6.45) is 1.22. The molecule has 0 aromatic carbocycles. The molecule has 0 fully saturated rings. The van der Waals surface area contributed by atoms with Gasteiger partial charge in [0.15, 0.2) is 0 Å². The summed E-state index contributed by atoms with van der Waals surface area (Å²) in [7, 11) is 0. The fourth-order valence-electron chi connectivity index (χ4n) is 0.0430. The highest BCUT2D eigenvalue weighted by Gasteiger charge is 2.09. The van der Waals surface area contributed by atoms with Crippen LogP contribution in [0.15, 0.2) is 0 Å². The van der Waals surface area contributed by atoms with Crippen LogP contribution in [-0.4, -0.2) is 17.3 Å². The van der Waals surface area contributed by atoms with Gasteiger partial charge in [-0.15, -0.1) is 0 Å². The Morgan fingerprint density at radius 1 is 1.86 bits per heavy atom. The van der Waals surface area contributed by atoms with Gasteiger partial charge < -0.3 is 0 Å². The summed E-state index contributed by atoms with van der Waals surface area (Å²) in [6.45, 7) is 1.17. The smallest absolute Gasteiger partial charge is 0.278 e. The molecule has 0 bridgehead atoms. The molecule has 0 aromatic rings. The van der Waals surface area contributed by atoms with Crippen LogP contribution in [0.5, 0.6) is 0 Å². The first-order chi connectivity index (χ1) is 3.18. The van der Waals surface area contributed by atoms with Crippen LogP contribution in [0.3, 0.4) is 0 Å². The average Bonchev–Trinajstić information content (AvgIpc) is 1.65. The van der Waals surface area contributed by atoms with Crippen LogP contribution in [0.25, 0.3) is 0 Å². The van der Waals surface area contributed by atoms with E-state index in [9.17, 15) is 14.9 Å². The number of nitro groups is 1. The molecule has 4 nitrogen and oxygen atoms in total. The maximum Gasteiger partial charge on any atom is 0.278 e. The van der Waals surface area contributed by atoms with Gasteiger partial charge in [0.05, 0.1) is 0 Å². The van der Waals surface area contributed by atoms with E-state index in [1.165, 1.54) is 13.2 Å². The fourth-order valence-corrected chi connectivity index (χ4v) is 0.0430. The van der Waals surface area contributed by atoms with E-state index < -0.39 is 11.0 Å². The SMILES string of the molecule is CC([C]=O)[N+](=O)[O-]. The predicted molar refractivity (Wildman–Crippen MR) is 22.1 cm³/mol. The first-order valence-electron chi connectivity index (χ1n) is 1.69. The van der Waals surface area contributed by atoms with Crippen molar-refractivity contribution in [3.63, 3.8) is 0 Å². The molecule has 0 amide bonds. The minimum atomic E-state index is -1.18. The zero-order valence-corrected chi connectivity index (χ0v) is 3.75. The van der Waals surface area contributed by atoms with Gasteiger partial charge in [-0.3, -0.25) is 14.9 Å². The molecule has 0 aromatic heterocycles. The molecule has 0 heterocycles. The lowest BCUT2D eigenvalue weighted by atomic mass is 10.4. The number of hydrogen-bond donors (Lipinski definition) is 0. The second kappa shape index (κ2) is 2.28. The Bertz CT molecular complexity index is 90.2. The highest BCUT2D eigenvalue weighted by molar-refractivity contribution is 5.55. The molecule has 0 saturated carbocycles. The van der Waals surface area contributed by atoms with Crippen molar-refractivity contribution in [3.8, 4) is 0 Å². The molecule has 0 spiro atoms. The van der Waals surface area contributed by atoms with E-state index >= 15 is 0 Å². The summed E-state index contributed by atoms with van der Waals surface area (Å²) in [5.74, 6) is 0. The average molecular weight is 102 g/mol. The van der Waals surface area contributed by atoms with Gasteiger partial charge in [0, 0.05) is 11.8 Å². The van der Waals surface area contributed by atoms with Crippen LogP contribution in [0.4, 0.5) is 0 Å². The lowest BCUT2D eigenvalue weighted by molar-refractivity contribution is -0.498. The van der Waals surface area contributed by atoms with Crippen molar-refractivity contribution in [2.24, 2.45) is 0 Å². The Morgan fingerprint density at radius 3 is 2.29 bits per heavy atom. The largest absolute Gasteiger partial charge is 0.283 e. The predicted octanol–water partition coefficient (Wildman–Crippen LogP) is -0.239. The quantitative estimate of drug-likeness (QED) is 0.357. The fraction of sp³-hybridized carbons (Fsp3) is 0.667. The van der Waals surface area contributed by atoms with E-state index in [-0.39, 0.29) is 0 Å². The Hall–Kier alpha value is -0.930. The van der Waals surface area contributed by atoms with Gasteiger partial charge in [-0.2, -0.15) is 0 Å². The van der Waals surface area contributed by atoms with Gasteiger partial charge in [0.2, 0.25) is 0 Å². The van der Waals surface area contributed by atoms with E-state index in [0.717, 1.165) is 0 Å². The third-order valence-electron chi connectivity index (χ3n) is 0.487. The molecule has 39 valence electrons. The highest BCUT2D eigenvalue weighted by atomic mass is 16.6. The molecule has 0 aliphatic rings. The van der Waals surface area contributed by atoms with Gasteiger partial charge in [0.1, 0.15) is 0 Å². The van der Waals surface area contributed by atoms with Crippen LogP contribution >= 0.6 is 0 Å². The minimum absolute atomic E-state index is 0.701. The Kier molecular flexibility index (Phi) is 1.98. The van der Waals surface area contributed by atoms with Crippen molar-refractivity contribution in [2.45, 2.75) is 13.0 Å². The van der Waals surface area contributed by atoms with E-state index in [4.69, 9.17) is 0 Å². The molecule has 4 heteroatoms. The molecular weight excluding hydrogens is 98.0 g/mol. The van der Waals surface area contributed by atoms with Crippen molar-refractivity contribution in [3.05, 3.63) is 10.1 Å². The second-order valence-corrected chi connectivity index (χ2v) is 1.08. The van der Waals surface area contributed by atoms with Gasteiger partial charge in [-0.25, -0.2) is 0 Å². The summed E-state index contributed by atoms with van der Waals surface area (Å²) >= 11 is 0. The normalized spacial score (nSPS) is 12.7. The van der Waals surface area contributed by atoms with Crippen molar-refractivity contribution in [2.75, 3.05) is 0 Å². The molecule has 0 N–H and O–H groups in total. The van der Waals surface area contributed by atoms with Gasteiger partial charge >= 0.3 is 0 Å². The van der Waals surface area contributed by atoms with Crippen LogP contribution in [-0.2, 0) is 4.79 Å². The Morgan fingerprint density at radius 2 is 2.29 bits per heavy atom. The molecule has 0 aliphatic heterocycles. The monoisotopic (exact) mass is 102 g/mol. The summed E-state index contributed by atoms with van der Waals surface area (Å²) in [5, 5.41) is 9.47. The zero-order chi connectivity index (χ0) is 5.86. The summed E-state index contributed by atoms with van der Waals surface area (Å²) in [6, 6.07) is -1.18. The minimum Gasteiger partial charge on any atom is -0.283 e. The molecule has 7 heavy (non-hydrogen) atoms. The molecular formula is C3H4NO3. The Balaban J connectivity index is 3.55. The van der Waals surface area contributed by atoms with E-state index in [0.29, 0.717) is 0 Å². The van der Waals surface area contributed by atoms with Crippen molar-refractivity contribution in [1.82, 2.24) is 0 Å². The first-order valence-corrected chi connectivity index (χ1v) is 1.69. The van der Waals surface area contributed by atoms with Crippen LogP contribution in [0.1, 0.15) is 6.92 Å². The third-order valence-corrected chi connectivity index (χ3v) is 0.487. The molecule has 0 saturated heterocycles. The highest BCUT2D eigenvalue weighted by Crippen LogP contribution is 1.77. The standard InChI is InChI=1S/C3H4NO3/c1-3(2-5)4(6)7/h3H,1H3.